The molecular formula is C26H34N4O2. The van der Waals surface area contributed by atoms with Gasteiger partial charge in [-0.05, 0) is 30.5 Å². The van der Waals surface area contributed by atoms with Crippen molar-refractivity contribution in [3.63, 3.8) is 0 Å². The molecule has 3 aromatic rings. The number of aromatic nitrogens is 2. The van der Waals surface area contributed by atoms with E-state index in [9.17, 15) is 5.11 Å². The molecule has 170 valence electrons. The minimum Gasteiger partial charge on any atom is -0.496 e. The second kappa shape index (κ2) is 10.3. The summed E-state index contributed by atoms with van der Waals surface area (Å²) in [6, 6.07) is 17.1. The normalized spacial score (nSPS) is 17.6. The number of piperazine rings is 1. The lowest BCUT2D eigenvalue weighted by Gasteiger charge is -2.41. The minimum absolute atomic E-state index is 0.207. The summed E-state index contributed by atoms with van der Waals surface area (Å²) in [5.74, 6) is 0.927. The molecule has 0 saturated carbocycles. The van der Waals surface area contributed by atoms with Gasteiger partial charge in [0.1, 0.15) is 5.75 Å². The van der Waals surface area contributed by atoms with E-state index in [4.69, 9.17) is 9.84 Å². The van der Waals surface area contributed by atoms with E-state index in [0.29, 0.717) is 6.04 Å². The van der Waals surface area contributed by atoms with E-state index in [0.717, 1.165) is 61.7 Å². The highest BCUT2D eigenvalue weighted by atomic mass is 16.5. The monoisotopic (exact) mass is 434 g/mol. The number of benzene rings is 2. The Kier molecular flexibility index (Phi) is 7.25. The average Bonchev–Trinajstić information content (AvgIpc) is 3.16. The van der Waals surface area contributed by atoms with Gasteiger partial charge in [-0.2, -0.15) is 5.10 Å². The first-order valence-electron chi connectivity index (χ1n) is 11.4. The molecule has 1 N–H and O–H groups in total. The quantitative estimate of drug-likeness (QED) is 0.588. The molecule has 0 amide bonds. The number of nitrogens with zero attached hydrogens (tertiary/aromatic N) is 4. The Bertz CT molecular complexity index is 1020. The van der Waals surface area contributed by atoms with E-state index in [2.05, 4.69) is 65.4 Å². The summed E-state index contributed by atoms with van der Waals surface area (Å²) in [4.78, 5) is 5.01. The lowest BCUT2D eigenvalue weighted by Crippen LogP contribution is -2.52. The molecule has 32 heavy (non-hydrogen) atoms. The van der Waals surface area contributed by atoms with Gasteiger partial charge >= 0.3 is 0 Å². The highest BCUT2D eigenvalue weighted by Crippen LogP contribution is 2.26. The van der Waals surface area contributed by atoms with Crippen molar-refractivity contribution >= 4 is 0 Å². The average molecular weight is 435 g/mol. The van der Waals surface area contributed by atoms with Gasteiger partial charge in [0.2, 0.25) is 0 Å². The maximum absolute atomic E-state index is 9.71. The Labute approximate surface area is 191 Å². The summed E-state index contributed by atoms with van der Waals surface area (Å²) in [6.07, 6.45) is 2.92. The van der Waals surface area contributed by atoms with Crippen molar-refractivity contribution in [2.45, 2.75) is 32.5 Å². The Morgan fingerprint density at radius 1 is 1.09 bits per heavy atom. The fourth-order valence-electron chi connectivity index (χ4n) is 4.74. The van der Waals surface area contributed by atoms with Crippen LogP contribution < -0.4 is 4.74 Å². The van der Waals surface area contributed by atoms with Crippen LogP contribution in [-0.4, -0.2) is 64.1 Å². The van der Waals surface area contributed by atoms with E-state index in [1.165, 1.54) is 11.1 Å². The van der Waals surface area contributed by atoms with Gasteiger partial charge in [-0.25, -0.2) is 0 Å². The molecule has 6 nitrogen and oxygen atoms in total. The van der Waals surface area contributed by atoms with Crippen molar-refractivity contribution in [2.24, 2.45) is 7.05 Å². The lowest BCUT2D eigenvalue weighted by molar-refractivity contribution is 0.0500. The van der Waals surface area contributed by atoms with E-state index >= 15 is 0 Å². The standard InChI is InChI=1S/C26H34N4O2/c1-20-15-21(9-10-25(20)32-3)16-30-13-12-29(19-24(30)11-14-31)18-23-17-28(2)27-26(23)22-7-5-4-6-8-22/h4-10,15,17,24,31H,11-14,16,18-19H2,1-3H3/t24-/m1/s1. The molecular weight excluding hydrogens is 400 g/mol. The first-order chi connectivity index (χ1) is 15.6. The molecule has 0 radical (unpaired) electrons. The smallest absolute Gasteiger partial charge is 0.121 e. The maximum Gasteiger partial charge on any atom is 0.121 e. The molecule has 1 fully saturated rings. The molecule has 6 heteroatoms. The molecule has 1 saturated heterocycles. The summed E-state index contributed by atoms with van der Waals surface area (Å²) in [6.45, 7) is 6.99. The molecule has 4 rings (SSSR count). The molecule has 1 aliphatic heterocycles. The van der Waals surface area contributed by atoms with Crippen molar-refractivity contribution < 1.29 is 9.84 Å². The van der Waals surface area contributed by atoms with Gasteiger partial charge in [-0.1, -0.05) is 42.5 Å². The van der Waals surface area contributed by atoms with Crippen LogP contribution in [0.25, 0.3) is 11.3 Å². The third-order valence-electron chi connectivity index (χ3n) is 6.34. The van der Waals surface area contributed by atoms with Gasteiger partial charge in [0.25, 0.3) is 0 Å². The molecule has 0 aliphatic carbocycles. The third-order valence-corrected chi connectivity index (χ3v) is 6.34. The van der Waals surface area contributed by atoms with Crippen molar-refractivity contribution in [2.75, 3.05) is 33.4 Å². The van der Waals surface area contributed by atoms with Gasteiger partial charge in [-0.15, -0.1) is 0 Å². The molecule has 0 spiro atoms. The number of hydrogen-bond acceptors (Lipinski definition) is 5. The summed E-state index contributed by atoms with van der Waals surface area (Å²) >= 11 is 0. The van der Waals surface area contributed by atoms with Crippen LogP contribution in [0, 0.1) is 6.92 Å². The van der Waals surface area contributed by atoms with E-state index in [1.54, 1.807) is 7.11 Å². The fraction of sp³-hybridized carbons (Fsp3) is 0.423. The number of ether oxygens (including phenoxy) is 1. The van der Waals surface area contributed by atoms with Crippen LogP contribution in [0.15, 0.2) is 54.7 Å². The second-order valence-corrected chi connectivity index (χ2v) is 8.72. The zero-order valence-corrected chi connectivity index (χ0v) is 19.4. The molecule has 1 atom stereocenters. The van der Waals surface area contributed by atoms with Crippen LogP contribution in [0.2, 0.25) is 0 Å². The van der Waals surface area contributed by atoms with Crippen molar-refractivity contribution in [3.8, 4) is 17.0 Å². The van der Waals surface area contributed by atoms with Crippen LogP contribution in [-0.2, 0) is 20.1 Å². The maximum atomic E-state index is 9.71. The third kappa shape index (κ3) is 5.21. The molecule has 0 unspecified atom stereocenters. The summed E-state index contributed by atoms with van der Waals surface area (Å²) in [7, 11) is 3.70. The van der Waals surface area contributed by atoms with E-state index < -0.39 is 0 Å². The zero-order chi connectivity index (χ0) is 22.5. The second-order valence-electron chi connectivity index (χ2n) is 8.72. The van der Waals surface area contributed by atoms with Gasteiger partial charge in [0.05, 0.1) is 12.8 Å². The van der Waals surface area contributed by atoms with E-state index in [1.807, 2.05) is 17.8 Å². The highest BCUT2D eigenvalue weighted by Gasteiger charge is 2.27. The summed E-state index contributed by atoms with van der Waals surface area (Å²) in [5, 5.41) is 14.4. The number of methoxy groups -OCH3 is 1. The number of aliphatic hydroxyl groups excluding tert-OH is 1. The first kappa shape index (κ1) is 22.5. The van der Waals surface area contributed by atoms with Gasteiger partial charge in [0, 0.05) is 69.7 Å². The molecule has 2 heterocycles. The first-order valence-corrected chi connectivity index (χ1v) is 11.4. The van der Waals surface area contributed by atoms with Crippen LogP contribution in [0.1, 0.15) is 23.1 Å². The molecule has 0 bridgehead atoms. The zero-order valence-electron chi connectivity index (χ0n) is 19.4. The predicted octanol–water partition coefficient (Wildman–Crippen LogP) is 3.47. The van der Waals surface area contributed by atoms with Gasteiger partial charge < -0.3 is 9.84 Å². The predicted molar refractivity (Wildman–Crippen MR) is 128 cm³/mol. The number of aryl methyl sites for hydroxylation is 2. The van der Waals surface area contributed by atoms with Crippen LogP contribution >= 0.6 is 0 Å². The van der Waals surface area contributed by atoms with Crippen molar-refractivity contribution in [1.29, 1.82) is 0 Å². The molecule has 2 aromatic carbocycles. The molecule has 1 aromatic heterocycles. The molecule has 1 aliphatic rings. The SMILES string of the molecule is COc1ccc(CN2CCN(Cc3cn(C)nc3-c3ccccc3)C[C@H]2CCO)cc1C. The number of rotatable bonds is 8. The largest absolute Gasteiger partial charge is 0.496 e. The van der Waals surface area contributed by atoms with Crippen molar-refractivity contribution in [1.82, 2.24) is 19.6 Å². The van der Waals surface area contributed by atoms with E-state index in [-0.39, 0.29) is 6.61 Å². The number of aliphatic hydroxyl groups is 1. The van der Waals surface area contributed by atoms with Crippen molar-refractivity contribution in [3.05, 3.63) is 71.4 Å². The van der Waals surface area contributed by atoms with Gasteiger partial charge in [0.15, 0.2) is 0 Å². The van der Waals surface area contributed by atoms with Gasteiger partial charge in [-0.3, -0.25) is 14.5 Å². The number of hydrogen-bond donors (Lipinski definition) is 1. The Balaban J connectivity index is 1.45. The highest BCUT2D eigenvalue weighted by molar-refractivity contribution is 5.62. The minimum atomic E-state index is 0.207. The topological polar surface area (TPSA) is 53.8 Å². The van der Waals surface area contributed by atoms with Crippen LogP contribution in [0.4, 0.5) is 0 Å². The fourth-order valence-corrected chi connectivity index (χ4v) is 4.74. The Hall–Kier alpha value is -2.67. The Morgan fingerprint density at radius 3 is 2.62 bits per heavy atom. The Morgan fingerprint density at radius 2 is 1.91 bits per heavy atom. The van der Waals surface area contributed by atoms with Crippen LogP contribution in [0.3, 0.4) is 0 Å². The summed E-state index contributed by atoms with van der Waals surface area (Å²) < 4.78 is 7.31. The van der Waals surface area contributed by atoms with Crippen LogP contribution in [0.5, 0.6) is 5.75 Å². The lowest BCUT2D eigenvalue weighted by atomic mass is 10.0. The summed E-state index contributed by atoms with van der Waals surface area (Å²) in [5.41, 5.74) is 5.91.